The maximum atomic E-state index is 12.2. The summed E-state index contributed by atoms with van der Waals surface area (Å²) in [6, 6.07) is 0.254. The predicted octanol–water partition coefficient (Wildman–Crippen LogP) is 1.00. The molecule has 0 aromatic rings. The standard InChI is InChI=1S/C9H18F2N2O2S/c1-13(16(14,15)9(10)11)7-5-8-4-2-3-6-12-8/h8-9,12H,2-7H2,1H3. The highest BCUT2D eigenvalue weighted by atomic mass is 32.2. The third-order valence-corrected chi connectivity index (χ3v) is 4.37. The van der Waals surface area contributed by atoms with Crippen molar-refractivity contribution in [2.24, 2.45) is 0 Å². The molecule has 0 radical (unpaired) electrons. The molecule has 0 saturated carbocycles. The minimum absolute atomic E-state index is 0.143. The lowest BCUT2D eigenvalue weighted by molar-refractivity contribution is 0.221. The maximum absolute atomic E-state index is 12.2. The van der Waals surface area contributed by atoms with Gasteiger partial charge in [-0.1, -0.05) is 6.42 Å². The van der Waals surface area contributed by atoms with Crippen LogP contribution >= 0.6 is 0 Å². The van der Waals surface area contributed by atoms with Crippen molar-refractivity contribution in [3.63, 3.8) is 0 Å². The molecule has 1 heterocycles. The molecule has 0 spiro atoms. The van der Waals surface area contributed by atoms with E-state index in [0.29, 0.717) is 6.42 Å². The normalized spacial score (nSPS) is 22.9. The molecule has 96 valence electrons. The molecule has 1 aliphatic rings. The van der Waals surface area contributed by atoms with Crippen molar-refractivity contribution in [3.8, 4) is 0 Å². The van der Waals surface area contributed by atoms with Gasteiger partial charge in [0.2, 0.25) is 0 Å². The molecular weight excluding hydrogens is 238 g/mol. The smallest absolute Gasteiger partial charge is 0.314 e. The number of sulfonamides is 1. The Bertz CT molecular complexity index is 303. The summed E-state index contributed by atoms with van der Waals surface area (Å²) in [5.41, 5.74) is 0. The van der Waals surface area contributed by atoms with Crippen molar-refractivity contribution in [2.75, 3.05) is 20.1 Å². The fourth-order valence-electron chi connectivity index (χ4n) is 1.77. The van der Waals surface area contributed by atoms with Crippen LogP contribution in [0.25, 0.3) is 0 Å². The van der Waals surface area contributed by atoms with Crippen LogP contribution in [-0.4, -0.2) is 44.7 Å². The summed E-state index contributed by atoms with van der Waals surface area (Å²) in [5.74, 6) is -3.32. The van der Waals surface area contributed by atoms with Crippen molar-refractivity contribution in [1.29, 1.82) is 0 Å². The fraction of sp³-hybridized carbons (Fsp3) is 1.00. The first-order chi connectivity index (χ1) is 7.44. The zero-order chi connectivity index (χ0) is 12.2. The number of rotatable bonds is 5. The van der Waals surface area contributed by atoms with E-state index in [1.165, 1.54) is 7.05 Å². The van der Waals surface area contributed by atoms with Crippen molar-refractivity contribution < 1.29 is 17.2 Å². The van der Waals surface area contributed by atoms with Crippen LogP contribution in [0.3, 0.4) is 0 Å². The van der Waals surface area contributed by atoms with Crippen LogP contribution < -0.4 is 5.32 Å². The van der Waals surface area contributed by atoms with Gasteiger partial charge in [0.25, 0.3) is 10.0 Å². The van der Waals surface area contributed by atoms with Gasteiger partial charge >= 0.3 is 5.76 Å². The second-order valence-corrected chi connectivity index (χ2v) is 6.07. The Balaban J connectivity index is 2.37. The number of piperidine rings is 1. The summed E-state index contributed by atoms with van der Waals surface area (Å²) in [7, 11) is -3.21. The van der Waals surface area contributed by atoms with E-state index in [1.807, 2.05) is 0 Å². The van der Waals surface area contributed by atoms with Crippen LogP contribution in [0.5, 0.6) is 0 Å². The molecule has 1 fully saturated rings. The summed E-state index contributed by atoms with van der Waals surface area (Å²) in [5, 5.41) is 3.25. The van der Waals surface area contributed by atoms with Gasteiger partial charge in [0.05, 0.1) is 0 Å². The number of halogens is 2. The average Bonchev–Trinajstić information content (AvgIpc) is 2.27. The van der Waals surface area contributed by atoms with E-state index in [0.717, 1.165) is 30.1 Å². The molecule has 1 N–H and O–H groups in total. The van der Waals surface area contributed by atoms with Crippen LogP contribution in [0.15, 0.2) is 0 Å². The first-order valence-corrected chi connectivity index (χ1v) is 6.91. The van der Waals surface area contributed by atoms with Crippen molar-refractivity contribution in [2.45, 2.75) is 37.5 Å². The summed E-state index contributed by atoms with van der Waals surface area (Å²) < 4.78 is 47.2. The lowest BCUT2D eigenvalue weighted by Crippen LogP contribution is -2.39. The van der Waals surface area contributed by atoms with Gasteiger partial charge in [-0.2, -0.15) is 13.1 Å². The van der Waals surface area contributed by atoms with E-state index >= 15 is 0 Å². The van der Waals surface area contributed by atoms with Crippen LogP contribution in [0.2, 0.25) is 0 Å². The van der Waals surface area contributed by atoms with Gasteiger partial charge in [0.15, 0.2) is 0 Å². The number of hydrogen-bond donors (Lipinski definition) is 1. The predicted molar refractivity (Wildman–Crippen MR) is 57.8 cm³/mol. The van der Waals surface area contributed by atoms with Crippen LogP contribution in [0.4, 0.5) is 8.78 Å². The van der Waals surface area contributed by atoms with E-state index in [2.05, 4.69) is 5.32 Å². The number of hydrogen-bond acceptors (Lipinski definition) is 3. The van der Waals surface area contributed by atoms with Crippen LogP contribution in [0.1, 0.15) is 25.7 Å². The molecule has 0 aliphatic carbocycles. The molecule has 1 atom stereocenters. The second-order valence-electron chi connectivity index (χ2n) is 4.06. The molecule has 1 unspecified atom stereocenters. The Morgan fingerprint density at radius 1 is 1.44 bits per heavy atom. The van der Waals surface area contributed by atoms with E-state index in [4.69, 9.17) is 0 Å². The average molecular weight is 256 g/mol. The largest absolute Gasteiger partial charge is 0.350 e. The molecular formula is C9H18F2N2O2S. The van der Waals surface area contributed by atoms with Gasteiger partial charge in [-0.05, 0) is 25.8 Å². The molecule has 7 heteroatoms. The Morgan fingerprint density at radius 3 is 2.62 bits per heavy atom. The first-order valence-electron chi connectivity index (χ1n) is 5.41. The lowest BCUT2D eigenvalue weighted by atomic mass is 10.0. The topological polar surface area (TPSA) is 49.4 Å². The Labute approximate surface area is 95.1 Å². The Kier molecular flexibility index (Phi) is 5.07. The highest BCUT2D eigenvalue weighted by molar-refractivity contribution is 7.89. The molecule has 1 aliphatic heterocycles. The number of nitrogens with one attached hydrogen (secondary N) is 1. The summed E-state index contributed by atoms with van der Waals surface area (Å²) in [4.78, 5) is 0. The Morgan fingerprint density at radius 2 is 2.12 bits per heavy atom. The maximum Gasteiger partial charge on any atom is 0.350 e. The lowest BCUT2D eigenvalue weighted by Gasteiger charge is -2.25. The summed E-state index contributed by atoms with van der Waals surface area (Å²) >= 11 is 0. The van der Waals surface area contributed by atoms with Gasteiger partial charge in [0, 0.05) is 19.6 Å². The van der Waals surface area contributed by atoms with Gasteiger partial charge < -0.3 is 5.32 Å². The van der Waals surface area contributed by atoms with Gasteiger partial charge in [-0.15, -0.1) is 0 Å². The van der Waals surface area contributed by atoms with Crippen LogP contribution in [-0.2, 0) is 10.0 Å². The molecule has 0 bridgehead atoms. The van der Waals surface area contributed by atoms with Gasteiger partial charge in [-0.25, -0.2) is 8.42 Å². The summed E-state index contributed by atoms with van der Waals surface area (Å²) in [6.07, 6.45) is 3.82. The Hall–Kier alpha value is -0.270. The van der Waals surface area contributed by atoms with E-state index < -0.39 is 15.8 Å². The van der Waals surface area contributed by atoms with Crippen molar-refractivity contribution in [3.05, 3.63) is 0 Å². The van der Waals surface area contributed by atoms with Gasteiger partial charge in [-0.3, -0.25) is 0 Å². The number of alkyl halides is 2. The minimum Gasteiger partial charge on any atom is -0.314 e. The number of nitrogens with zero attached hydrogens (tertiary/aromatic N) is 1. The van der Waals surface area contributed by atoms with E-state index in [1.54, 1.807) is 0 Å². The summed E-state index contributed by atoms with van der Waals surface area (Å²) in [6.45, 7) is 1.07. The fourth-order valence-corrected chi connectivity index (χ4v) is 2.40. The second kappa shape index (κ2) is 5.88. The van der Waals surface area contributed by atoms with Crippen LogP contribution in [0, 0.1) is 0 Å². The van der Waals surface area contributed by atoms with Gasteiger partial charge in [0.1, 0.15) is 0 Å². The van der Waals surface area contributed by atoms with Crippen molar-refractivity contribution in [1.82, 2.24) is 9.62 Å². The van der Waals surface area contributed by atoms with Crippen molar-refractivity contribution >= 4 is 10.0 Å². The molecule has 4 nitrogen and oxygen atoms in total. The first kappa shape index (κ1) is 13.8. The highest BCUT2D eigenvalue weighted by Gasteiger charge is 2.29. The SMILES string of the molecule is CN(CCC1CCCCN1)S(=O)(=O)C(F)F. The zero-order valence-electron chi connectivity index (χ0n) is 9.33. The molecule has 0 amide bonds. The molecule has 0 aromatic carbocycles. The zero-order valence-corrected chi connectivity index (χ0v) is 10.1. The molecule has 16 heavy (non-hydrogen) atoms. The molecule has 0 aromatic heterocycles. The minimum atomic E-state index is -4.41. The molecule has 1 saturated heterocycles. The van der Waals surface area contributed by atoms with E-state index in [-0.39, 0.29) is 12.6 Å². The quantitative estimate of drug-likeness (QED) is 0.798. The highest BCUT2D eigenvalue weighted by Crippen LogP contribution is 2.14. The third-order valence-electron chi connectivity index (χ3n) is 2.86. The van der Waals surface area contributed by atoms with E-state index in [9.17, 15) is 17.2 Å². The monoisotopic (exact) mass is 256 g/mol. The molecule has 1 rings (SSSR count). The third kappa shape index (κ3) is 3.64.